The van der Waals surface area contributed by atoms with E-state index in [1.807, 2.05) is 18.2 Å². The Hall–Kier alpha value is -1.25. The minimum absolute atomic E-state index is 0.795. The second kappa shape index (κ2) is 6.62. The fraction of sp³-hybridized carbons (Fsp3) is 0.333. The predicted octanol–water partition coefficient (Wildman–Crippen LogP) is 3.84. The van der Waals surface area contributed by atoms with Gasteiger partial charge in [-0.2, -0.15) is 0 Å². The number of nitrogens with one attached hydrogen (secondary N) is 1. The number of benzene rings is 1. The summed E-state index contributed by atoms with van der Waals surface area (Å²) in [4.78, 5) is 0. The summed E-state index contributed by atoms with van der Waals surface area (Å²) in [7, 11) is 0. The minimum Gasteiger partial charge on any atom is -0.350 e. The lowest BCUT2D eigenvalue weighted by molar-refractivity contribution is 0.602. The Balaban J connectivity index is 1.86. The molecule has 96 valence electrons. The molecule has 1 heterocycles. The van der Waals surface area contributed by atoms with Gasteiger partial charge in [0.05, 0.1) is 0 Å². The first kappa shape index (κ1) is 13.2. The third kappa shape index (κ3) is 3.62. The molecule has 1 aromatic carbocycles. The maximum atomic E-state index is 5.96. The van der Waals surface area contributed by atoms with Crippen LogP contribution in [0, 0.1) is 0 Å². The van der Waals surface area contributed by atoms with Crippen LogP contribution in [0.4, 0.5) is 0 Å². The number of rotatable bonds is 6. The van der Waals surface area contributed by atoms with Crippen molar-refractivity contribution in [2.24, 2.45) is 0 Å². The summed E-state index contributed by atoms with van der Waals surface area (Å²) in [6, 6.07) is 12.2. The molecule has 2 rings (SSSR count). The van der Waals surface area contributed by atoms with E-state index in [1.54, 1.807) is 0 Å². The number of aromatic nitrogens is 1. The highest BCUT2D eigenvalue weighted by Crippen LogP contribution is 2.10. The van der Waals surface area contributed by atoms with Gasteiger partial charge in [-0.15, -0.1) is 0 Å². The Morgan fingerprint density at radius 2 is 2.06 bits per heavy atom. The van der Waals surface area contributed by atoms with Gasteiger partial charge >= 0.3 is 0 Å². The van der Waals surface area contributed by atoms with Gasteiger partial charge in [-0.25, -0.2) is 0 Å². The normalized spacial score (nSPS) is 10.8. The first-order valence-electron chi connectivity index (χ1n) is 6.39. The summed E-state index contributed by atoms with van der Waals surface area (Å²) in [5.41, 5.74) is 2.55. The van der Waals surface area contributed by atoms with Crippen LogP contribution in [0.25, 0.3) is 0 Å². The summed E-state index contributed by atoms with van der Waals surface area (Å²) < 4.78 is 2.30. The van der Waals surface area contributed by atoms with E-state index in [0.29, 0.717) is 0 Å². The summed E-state index contributed by atoms with van der Waals surface area (Å²) in [5.74, 6) is 0. The molecular weight excluding hydrogens is 244 g/mol. The van der Waals surface area contributed by atoms with Crippen LogP contribution >= 0.6 is 11.6 Å². The minimum atomic E-state index is 0.795. The van der Waals surface area contributed by atoms with Crippen LogP contribution in [-0.4, -0.2) is 4.57 Å². The van der Waals surface area contributed by atoms with Crippen molar-refractivity contribution in [3.63, 3.8) is 0 Å². The molecule has 0 saturated heterocycles. The first-order valence-corrected chi connectivity index (χ1v) is 6.76. The second-order valence-electron chi connectivity index (χ2n) is 4.43. The van der Waals surface area contributed by atoms with Crippen molar-refractivity contribution in [1.82, 2.24) is 9.88 Å². The average molecular weight is 263 g/mol. The van der Waals surface area contributed by atoms with E-state index in [0.717, 1.165) is 31.1 Å². The molecule has 1 N–H and O–H groups in total. The molecule has 18 heavy (non-hydrogen) atoms. The lowest BCUT2D eigenvalue weighted by Crippen LogP contribution is -2.15. The van der Waals surface area contributed by atoms with E-state index in [4.69, 9.17) is 11.6 Å². The Bertz CT molecular complexity index is 491. The van der Waals surface area contributed by atoms with Crippen LogP contribution in [-0.2, 0) is 19.6 Å². The zero-order valence-corrected chi connectivity index (χ0v) is 11.5. The molecule has 0 aliphatic heterocycles. The first-order chi connectivity index (χ1) is 8.79. The quantitative estimate of drug-likeness (QED) is 0.837. The largest absolute Gasteiger partial charge is 0.350 e. The van der Waals surface area contributed by atoms with Gasteiger partial charge in [0.25, 0.3) is 0 Å². The lowest BCUT2D eigenvalue weighted by atomic mass is 10.2. The van der Waals surface area contributed by atoms with Gasteiger partial charge < -0.3 is 9.88 Å². The van der Waals surface area contributed by atoms with E-state index in [-0.39, 0.29) is 0 Å². The Labute approximate surface area is 114 Å². The third-order valence-electron chi connectivity index (χ3n) is 2.91. The second-order valence-corrected chi connectivity index (χ2v) is 4.86. The zero-order chi connectivity index (χ0) is 12.8. The zero-order valence-electron chi connectivity index (χ0n) is 10.7. The van der Waals surface area contributed by atoms with Gasteiger partial charge in [-0.05, 0) is 36.2 Å². The summed E-state index contributed by atoms with van der Waals surface area (Å²) in [6.45, 7) is 5.02. The smallest absolute Gasteiger partial charge is 0.0409 e. The maximum absolute atomic E-state index is 5.96. The topological polar surface area (TPSA) is 17.0 Å². The van der Waals surface area contributed by atoms with Crippen LogP contribution in [0.3, 0.4) is 0 Å². The van der Waals surface area contributed by atoms with Gasteiger partial charge in [0, 0.05) is 36.5 Å². The molecule has 0 aliphatic rings. The standard InChI is InChI=1S/C15H19ClN2/c1-2-8-18-9-4-7-15(18)12-17-11-13-5-3-6-14(16)10-13/h3-7,9-10,17H,2,8,11-12H2,1H3. The van der Waals surface area contributed by atoms with Crippen molar-refractivity contribution in [2.45, 2.75) is 33.0 Å². The Kier molecular flexibility index (Phi) is 4.85. The number of hydrogen-bond acceptors (Lipinski definition) is 1. The molecule has 0 saturated carbocycles. The van der Waals surface area contributed by atoms with Crippen LogP contribution in [0.2, 0.25) is 5.02 Å². The number of halogens is 1. The molecule has 2 nitrogen and oxygen atoms in total. The van der Waals surface area contributed by atoms with Gasteiger partial charge in [-0.3, -0.25) is 0 Å². The van der Waals surface area contributed by atoms with Gasteiger partial charge in [0.15, 0.2) is 0 Å². The van der Waals surface area contributed by atoms with E-state index in [9.17, 15) is 0 Å². The van der Waals surface area contributed by atoms with Crippen molar-refractivity contribution in [2.75, 3.05) is 0 Å². The molecule has 3 heteroatoms. The monoisotopic (exact) mass is 262 g/mol. The molecule has 0 aliphatic carbocycles. The fourth-order valence-electron chi connectivity index (χ4n) is 2.05. The van der Waals surface area contributed by atoms with Gasteiger partial charge in [0.1, 0.15) is 0 Å². The molecule has 0 amide bonds. The van der Waals surface area contributed by atoms with Crippen molar-refractivity contribution < 1.29 is 0 Å². The lowest BCUT2D eigenvalue weighted by Gasteiger charge is -2.09. The summed E-state index contributed by atoms with van der Waals surface area (Å²) >= 11 is 5.96. The number of aryl methyl sites for hydroxylation is 1. The van der Waals surface area contributed by atoms with E-state index in [2.05, 4.69) is 41.2 Å². The van der Waals surface area contributed by atoms with Gasteiger partial charge in [-0.1, -0.05) is 30.7 Å². The van der Waals surface area contributed by atoms with Crippen LogP contribution in [0.15, 0.2) is 42.6 Å². The van der Waals surface area contributed by atoms with Crippen molar-refractivity contribution >= 4 is 11.6 Å². The molecule has 0 unspecified atom stereocenters. The molecule has 0 bridgehead atoms. The highest BCUT2D eigenvalue weighted by molar-refractivity contribution is 6.30. The SMILES string of the molecule is CCCn1cccc1CNCc1cccc(Cl)c1. The van der Waals surface area contributed by atoms with Crippen molar-refractivity contribution in [1.29, 1.82) is 0 Å². The number of hydrogen-bond donors (Lipinski definition) is 1. The molecule has 0 fully saturated rings. The fourth-order valence-corrected chi connectivity index (χ4v) is 2.26. The van der Waals surface area contributed by atoms with E-state index >= 15 is 0 Å². The van der Waals surface area contributed by atoms with Gasteiger partial charge in [0.2, 0.25) is 0 Å². The van der Waals surface area contributed by atoms with Crippen molar-refractivity contribution in [3.8, 4) is 0 Å². The third-order valence-corrected chi connectivity index (χ3v) is 3.15. The molecule has 2 aromatic rings. The highest BCUT2D eigenvalue weighted by Gasteiger charge is 2.00. The van der Waals surface area contributed by atoms with Crippen LogP contribution < -0.4 is 5.32 Å². The highest BCUT2D eigenvalue weighted by atomic mass is 35.5. The Morgan fingerprint density at radius 3 is 2.83 bits per heavy atom. The molecular formula is C15H19ClN2. The molecule has 1 aromatic heterocycles. The van der Waals surface area contributed by atoms with Crippen LogP contribution in [0.1, 0.15) is 24.6 Å². The molecule has 0 atom stereocenters. The summed E-state index contributed by atoms with van der Waals surface area (Å²) in [6.07, 6.45) is 3.30. The number of nitrogens with zero attached hydrogens (tertiary/aromatic N) is 1. The van der Waals surface area contributed by atoms with E-state index < -0.39 is 0 Å². The Morgan fingerprint density at radius 1 is 1.17 bits per heavy atom. The van der Waals surface area contributed by atoms with Crippen LogP contribution in [0.5, 0.6) is 0 Å². The molecule has 0 radical (unpaired) electrons. The summed E-state index contributed by atoms with van der Waals surface area (Å²) in [5, 5.41) is 4.25. The molecule has 0 spiro atoms. The maximum Gasteiger partial charge on any atom is 0.0409 e. The van der Waals surface area contributed by atoms with E-state index in [1.165, 1.54) is 11.3 Å². The van der Waals surface area contributed by atoms with Crippen molar-refractivity contribution in [3.05, 3.63) is 58.9 Å². The average Bonchev–Trinajstić information content (AvgIpc) is 2.78. The predicted molar refractivity (Wildman–Crippen MR) is 76.7 cm³/mol.